The van der Waals surface area contributed by atoms with Crippen molar-refractivity contribution in [2.75, 3.05) is 5.75 Å². The third-order valence-corrected chi connectivity index (χ3v) is 3.98. The lowest BCUT2D eigenvalue weighted by atomic mass is 10.1. The van der Waals surface area contributed by atoms with Crippen LogP contribution in [0.1, 0.15) is 32.4 Å². The summed E-state index contributed by atoms with van der Waals surface area (Å²) in [6.45, 7) is 6.38. The van der Waals surface area contributed by atoms with Gasteiger partial charge in [-0.2, -0.15) is 0 Å². The van der Waals surface area contributed by atoms with Gasteiger partial charge >= 0.3 is 0 Å². The summed E-state index contributed by atoms with van der Waals surface area (Å²) < 4.78 is 0. The smallest absolute Gasteiger partial charge is 0.0545 e. The van der Waals surface area contributed by atoms with Crippen molar-refractivity contribution in [3.8, 4) is 0 Å². The second kappa shape index (κ2) is 5.78. The van der Waals surface area contributed by atoms with Gasteiger partial charge in [0.2, 0.25) is 0 Å². The fourth-order valence-electron chi connectivity index (χ4n) is 1.17. The molecular formula is C12H18ClNS. The fraction of sp³-hybridized carbons (Fsp3) is 0.500. The summed E-state index contributed by atoms with van der Waals surface area (Å²) in [5, 5.41) is 0.815. The van der Waals surface area contributed by atoms with E-state index in [-0.39, 0.29) is 6.04 Å². The summed E-state index contributed by atoms with van der Waals surface area (Å²) >= 11 is 7.98. The van der Waals surface area contributed by atoms with Crippen molar-refractivity contribution in [1.29, 1.82) is 0 Å². The van der Waals surface area contributed by atoms with Gasteiger partial charge in [0.1, 0.15) is 0 Å². The van der Waals surface area contributed by atoms with E-state index in [0.717, 1.165) is 21.2 Å². The molecule has 0 fully saturated rings. The molecule has 84 valence electrons. The standard InChI is InChI=1S/C12H18ClNS/c1-8(2)7-15-12-5-4-10(9(3)14)6-11(12)13/h4-6,8-9H,7,14H2,1-3H3. The van der Waals surface area contributed by atoms with Gasteiger partial charge in [0.15, 0.2) is 0 Å². The number of halogens is 1. The van der Waals surface area contributed by atoms with Gasteiger partial charge in [-0.1, -0.05) is 31.5 Å². The van der Waals surface area contributed by atoms with Crippen molar-refractivity contribution >= 4 is 23.4 Å². The molecule has 0 aliphatic carbocycles. The van der Waals surface area contributed by atoms with E-state index < -0.39 is 0 Å². The van der Waals surface area contributed by atoms with Crippen LogP contribution < -0.4 is 5.73 Å². The molecule has 3 heteroatoms. The van der Waals surface area contributed by atoms with E-state index >= 15 is 0 Å². The number of thioether (sulfide) groups is 1. The van der Waals surface area contributed by atoms with Crippen LogP contribution in [-0.2, 0) is 0 Å². The summed E-state index contributed by atoms with van der Waals surface area (Å²) in [7, 11) is 0. The lowest BCUT2D eigenvalue weighted by Gasteiger charge is -2.10. The first-order valence-electron chi connectivity index (χ1n) is 5.18. The Labute approximate surface area is 101 Å². The maximum absolute atomic E-state index is 6.18. The molecule has 2 N–H and O–H groups in total. The monoisotopic (exact) mass is 243 g/mol. The highest BCUT2D eigenvalue weighted by molar-refractivity contribution is 7.99. The lowest BCUT2D eigenvalue weighted by Crippen LogP contribution is -2.04. The highest BCUT2D eigenvalue weighted by atomic mass is 35.5. The Bertz CT molecular complexity index is 323. The van der Waals surface area contributed by atoms with Crippen LogP contribution in [0.4, 0.5) is 0 Å². The van der Waals surface area contributed by atoms with Crippen LogP contribution in [-0.4, -0.2) is 5.75 Å². The van der Waals surface area contributed by atoms with Gasteiger partial charge < -0.3 is 5.73 Å². The largest absolute Gasteiger partial charge is 0.324 e. The van der Waals surface area contributed by atoms with Crippen LogP contribution in [0.3, 0.4) is 0 Å². The first-order valence-corrected chi connectivity index (χ1v) is 6.55. The van der Waals surface area contributed by atoms with Gasteiger partial charge in [-0.05, 0) is 30.5 Å². The van der Waals surface area contributed by atoms with Crippen LogP contribution >= 0.6 is 23.4 Å². The lowest BCUT2D eigenvalue weighted by molar-refractivity contribution is 0.750. The van der Waals surface area contributed by atoms with Gasteiger partial charge in [0.25, 0.3) is 0 Å². The molecule has 0 aliphatic rings. The van der Waals surface area contributed by atoms with Crippen molar-refractivity contribution in [3.63, 3.8) is 0 Å². The average Bonchev–Trinajstić information content (AvgIpc) is 2.15. The first-order chi connectivity index (χ1) is 7.00. The molecule has 0 saturated heterocycles. The van der Waals surface area contributed by atoms with Gasteiger partial charge in [-0.25, -0.2) is 0 Å². The van der Waals surface area contributed by atoms with Crippen LogP contribution in [0.2, 0.25) is 5.02 Å². The minimum atomic E-state index is 0.0478. The normalized spacial score (nSPS) is 13.2. The second-order valence-electron chi connectivity index (χ2n) is 4.18. The van der Waals surface area contributed by atoms with E-state index in [1.165, 1.54) is 0 Å². The molecule has 1 aromatic rings. The Kier molecular flexibility index (Phi) is 4.97. The third-order valence-electron chi connectivity index (χ3n) is 2.05. The zero-order chi connectivity index (χ0) is 11.4. The molecule has 1 nitrogen and oxygen atoms in total. The van der Waals surface area contributed by atoms with Gasteiger partial charge in [-0.15, -0.1) is 11.8 Å². The Morgan fingerprint density at radius 2 is 2.00 bits per heavy atom. The molecule has 0 bridgehead atoms. The molecule has 0 saturated carbocycles. The third kappa shape index (κ3) is 4.06. The molecule has 1 atom stereocenters. The van der Waals surface area contributed by atoms with E-state index in [1.807, 2.05) is 13.0 Å². The molecule has 0 spiro atoms. The van der Waals surface area contributed by atoms with E-state index in [9.17, 15) is 0 Å². The molecule has 0 radical (unpaired) electrons. The minimum Gasteiger partial charge on any atom is -0.324 e. The molecule has 0 amide bonds. The summed E-state index contributed by atoms with van der Waals surface area (Å²) in [6, 6.07) is 6.13. The van der Waals surface area contributed by atoms with Crippen LogP contribution in [0, 0.1) is 5.92 Å². The van der Waals surface area contributed by atoms with Crippen molar-refractivity contribution in [2.24, 2.45) is 11.7 Å². The number of rotatable bonds is 4. The molecule has 1 rings (SSSR count). The van der Waals surface area contributed by atoms with E-state index in [0.29, 0.717) is 5.92 Å². The minimum absolute atomic E-state index is 0.0478. The molecule has 1 aromatic carbocycles. The van der Waals surface area contributed by atoms with Gasteiger partial charge in [0.05, 0.1) is 5.02 Å². The van der Waals surface area contributed by atoms with E-state index in [4.69, 9.17) is 17.3 Å². The van der Waals surface area contributed by atoms with Crippen molar-refractivity contribution in [2.45, 2.75) is 31.7 Å². The molecule has 1 unspecified atom stereocenters. The number of benzene rings is 1. The van der Waals surface area contributed by atoms with Crippen LogP contribution in [0.25, 0.3) is 0 Å². The number of hydrogen-bond acceptors (Lipinski definition) is 2. The summed E-state index contributed by atoms with van der Waals surface area (Å²) in [5.41, 5.74) is 6.88. The Morgan fingerprint density at radius 3 is 2.47 bits per heavy atom. The molecule has 0 aromatic heterocycles. The second-order valence-corrected chi connectivity index (χ2v) is 5.65. The highest BCUT2D eigenvalue weighted by Crippen LogP contribution is 2.30. The summed E-state index contributed by atoms with van der Waals surface area (Å²) in [5.74, 6) is 1.77. The summed E-state index contributed by atoms with van der Waals surface area (Å²) in [4.78, 5) is 1.15. The van der Waals surface area contributed by atoms with Crippen molar-refractivity contribution < 1.29 is 0 Å². The highest BCUT2D eigenvalue weighted by Gasteiger charge is 2.06. The topological polar surface area (TPSA) is 26.0 Å². The first kappa shape index (κ1) is 12.9. The molecule has 0 aliphatic heterocycles. The number of hydrogen-bond donors (Lipinski definition) is 1. The van der Waals surface area contributed by atoms with Crippen molar-refractivity contribution in [1.82, 2.24) is 0 Å². The molecular weight excluding hydrogens is 226 g/mol. The Morgan fingerprint density at radius 1 is 1.33 bits per heavy atom. The predicted molar refractivity (Wildman–Crippen MR) is 69.6 cm³/mol. The number of nitrogens with two attached hydrogens (primary N) is 1. The zero-order valence-electron chi connectivity index (χ0n) is 9.46. The van der Waals surface area contributed by atoms with E-state index in [1.54, 1.807) is 11.8 Å². The molecule has 15 heavy (non-hydrogen) atoms. The summed E-state index contributed by atoms with van der Waals surface area (Å²) in [6.07, 6.45) is 0. The van der Waals surface area contributed by atoms with Crippen LogP contribution in [0.5, 0.6) is 0 Å². The van der Waals surface area contributed by atoms with Gasteiger partial charge in [0, 0.05) is 16.7 Å². The zero-order valence-corrected chi connectivity index (χ0v) is 11.0. The Hall–Kier alpha value is -0.180. The maximum atomic E-state index is 6.18. The maximum Gasteiger partial charge on any atom is 0.0545 e. The van der Waals surface area contributed by atoms with Crippen molar-refractivity contribution in [3.05, 3.63) is 28.8 Å². The molecule has 0 heterocycles. The predicted octanol–water partition coefficient (Wildman–Crippen LogP) is 4.11. The van der Waals surface area contributed by atoms with Crippen LogP contribution in [0.15, 0.2) is 23.1 Å². The average molecular weight is 244 g/mol. The quantitative estimate of drug-likeness (QED) is 0.806. The SMILES string of the molecule is CC(C)CSc1ccc(C(C)N)cc1Cl. The Balaban J connectivity index is 2.75. The fourth-order valence-corrected chi connectivity index (χ4v) is 2.40. The van der Waals surface area contributed by atoms with E-state index in [2.05, 4.69) is 26.0 Å². The van der Waals surface area contributed by atoms with Gasteiger partial charge in [-0.3, -0.25) is 0 Å².